The van der Waals surface area contributed by atoms with Crippen molar-refractivity contribution in [3.63, 3.8) is 0 Å². The number of carboxylic acids is 1. The number of carboxylic acid groups (broad SMARTS) is 1. The van der Waals surface area contributed by atoms with Gasteiger partial charge >= 0.3 is 23.1 Å². The molecule has 2 unspecified atom stereocenters. The largest absolute Gasteiger partial charge is 0.481 e. The fourth-order valence-electron chi connectivity index (χ4n) is 8.60. The lowest BCUT2D eigenvalue weighted by Crippen LogP contribution is -2.71. The standard InChI is InChI=1S/C30H39N7O6S/c1-19(38)36(25(12-27(40)41)34-29(42)43-17-30-13-20-9-21(14-30)11-22(10-20)15-30)37(26(39)16-31-28(37)44)8-4-7-33-35-18-32-23-5-2-3-6-24(23)35/h2-3,5-6,18,20-22,25,33H,4,7-17H2,1H3,(H2-,31,34,40,41,42,44)/p+1. The summed E-state index contributed by atoms with van der Waals surface area (Å²) in [6.45, 7) is 1.83. The second-order valence-electron chi connectivity index (χ2n) is 13.0. The van der Waals surface area contributed by atoms with E-state index in [2.05, 4.69) is 21.0 Å². The van der Waals surface area contributed by atoms with E-state index in [4.69, 9.17) is 17.0 Å². The van der Waals surface area contributed by atoms with E-state index in [1.165, 1.54) is 26.2 Å². The molecule has 4 aliphatic carbocycles. The van der Waals surface area contributed by atoms with E-state index in [1.807, 2.05) is 24.3 Å². The third-order valence-electron chi connectivity index (χ3n) is 9.85. The second-order valence-corrected chi connectivity index (χ2v) is 13.4. The lowest BCUT2D eigenvalue weighted by Gasteiger charge is -2.56. The van der Waals surface area contributed by atoms with Gasteiger partial charge in [0.25, 0.3) is 5.91 Å². The smallest absolute Gasteiger partial charge is 0.408 e. The third-order valence-corrected chi connectivity index (χ3v) is 10.3. The first-order chi connectivity index (χ1) is 21.1. The molecule has 236 valence electrons. The maximum absolute atomic E-state index is 13.5. The van der Waals surface area contributed by atoms with Gasteiger partial charge in [0.2, 0.25) is 0 Å². The molecule has 5 aliphatic rings. The van der Waals surface area contributed by atoms with Gasteiger partial charge < -0.3 is 20.6 Å². The number of hydrogen-bond acceptors (Lipinski definition) is 8. The number of quaternary nitrogens is 1. The van der Waals surface area contributed by atoms with Crippen LogP contribution >= 0.6 is 12.2 Å². The first kappa shape index (κ1) is 30.3. The third kappa shape index (κ3) is 5.72. The average Bonchev–Trinajstić information content (AvgIpc) is 3.49. The number of hydrogen-bond donors (Lipinski definition) is 4. The van der Waals surface area contributed by atoms with Crippen molar-refractivity contribution in [3.05, 3.63) is 30.6 Å². The van der Waals surface area contributed by atoms with Crippen molar-refractivity contribution in [2.45, 2.75) is 64.5 Å². The summed E-state index contributed by atoms with van der Waals surface area (Å²) in [4.78, 5) is 56.3. The van der Waals surface area contributed by atoms with E-state index in [-0.39, 0.29) is 30.2 Å². The van der Waals surface area contributed by atoms with Crippen molar-refractivity contribution < 1.29 is 33.6 Å². The lowest BCUT2D eigenvalue weighted by atomic mass is 9.50. The summed E-state index contributed by atoms with van der Waals surface area (Å²) in [6, 6.07) is 7.63. The Morgan fingerprint density at radius 2 is 1.89 bits per heavy atom. The summed E-state index contributed by atoms with van der Waals surface area (Å²) in [6.07, 6.45) is 6.12. The molecule has 5 fully saturated rings. The molecule has 4 saturated carbocycles. The minimum absolute atomic E-state index is 0.0353. The molecule has 3 amide bonds. The predicted octanol–water partition coefficient (Wildman–Crippen LogP) is 2.71. The van der Waals surface area contributed by atoms with Gasteiger partial charge in [-0.25, -0.2) is 19.2 Å². The molecule has 1 aromatic carbocycles. The highest BCUT2D eigenvalue weighted by Crippen LogP contribution is 2.60. The van der Waals surface area contributed by atoms with E-state index >= 15 is 0 Å². The number of thiocarbonyl (C=S) groups is 1. The van der Waals surface area contributed by atoms with Gasteiger partial charge in [-0.3, -0.25) is 14.9 Å². The Labute approximate surface area is 260 Å². The Morgan fingerprint density at radius 3 is 2.50 bits per heavy atom. The van der Waals surface area contributed by atoms with Crippen LogP contribution in [0.3, 0.4) is 0 Å². The van der Waals surface area contributed by atoms with Gasteiger partial charge in [0.05, 0.1) is 24.1 Å². The van der Waals surface area contributed by atoms with Crippen LogP contribution in [0, 0.1) is 23.2 Å². The Balaban J connectivity index is 1.16. The molecule has 14 heteroatoms. The van der Waals surface area contributed by atoms with Crippen LogP contribution in [0.25, 0.3) is 11.0 Å². The summed E-state index contributed by atoms with van der Waals surface area (Å²) < 4.78 is 6.81. The Kier molecular flexibility index (Phi) is 8.22. The average molecular weight is 627 g/mol. The highest BCUT2D eigenvalue weighted by molar-refractivity contribution is 7.80. The Morgan fingerprint density at radius 1 is 1.20 bits per heavy atom. The molecule has 1 aromatic heterocycles. The molecular weight excluding hydrogens is 586 g/mol. The minimum atomic E-state index is -1.37. The number of carbonyl (C=O) groups excluding carboxylic acids is 3. The predicted molar refractivity (Wildman–Crippen MR) is 163 cm³/mol. The number of benzene rings is 1. The van der Waals surface area contributed by atoms with E-state index in [1.54, 1.807) is 11.0 Å². The number of ether oxygens (including phenoxy) is 1. The number of fused-ring (bicyclic) bond motifs is 1. The van der Waals surface area contributed by atoms with Crippen LogP contribution in [0.15, 0.2) is 30.6 Å². The van der Waals surface area contributed by atoms with Gasteiger partial charge in [0.1, 0.15) is 19.4 Å². The van der Waals surface area contributed by atoms with Crippen molar-refractivity contribution >= 4 is 52.2 Å². The highest BCUT2D eigenvalue weighted by Gasteiger charge is 2.57. The quantitative estimate of drug-likeness (QED) is 0.120. The first-order valence-electron chi connectivity index (χ1n) is 15.4. The summed E-state index contributed by atoms with van der Waals surface area (Å²) >= 11 is 5.58. The number of alkyl carbamates (subject to hydrolysis) is 1. The van der Waals surface area contributed by atoms with E-state index in [9.17, 15) is 24.3 Å². The lowest BCUT2D eigenvalue weighted by molar-refractivity contribution is -0.876. The molecule has 4 N–H and O–H groups in total. The summed E-state index contributed by atoms with van der Waals surface area (Å²) in [5, 5.41) is 16.4. The van der Waals surface area contributed by atoms with Crippen molar-refractivity contribution in [2.24, 2.45) is 23.2 Å². The molecule has 0 spiro atoms. The van der Waals surface area contributed by atoms with Gasteiger partial charge in [-0.05, 0) is 68.4 Å². The molecule has 44 heavy (non-hydrogen) atoms. The zero-order chi connectivity index (χ0) is 31.1. The normalized spacial score (nSPS) is 29.3. The molecule has 2 aromatic rings. The van der Waals surface area contributed by atoms with E-state index in [0.717, 1.165) is 35.3 Å². The molecule has 1 aliphatic heterocycles. The van der Waals surface area contributed by atoms with Crippen LogP contribution in [-0.4, -0.2) is 85.8 Å². The number of imidazole rings is 1. The van der Waals surface area contributed by atoms with Crippen molar-refractivity contribution in [1.29, 1.82) is 0 Å². The number of aliphatic carboxylic acids is 1. The molecule has 2 atom stereocenters. The van der Waals surface area contributed by atoms with Crippen LogP contribution in [0.5, 0.6) is 0 Å². The fraction of sp³-hybridized carbons (Fsp3) is 0.600. The van der Waals surface area contributed by atoms with Crippen molar-refractivity contribution in [3.8, 4) is 0 Å². The highest BCUT2D eigenvalue weighted by atomic mass is 32.1. The minimum Gasteiger partial charge on any atom is -0.481 e. The Bertz CT molecular complexity index is 1430. The Hall–Kier alpha value is -3.78. The number of aromatic nitrogens is 2. The van der Waals surface area contributed by atoms with Crippen LogP contribution in [0.4, 0.5) is 4.79 Å². The van der Waals surface area contributed by atoms with Gasteiger partial charge in [0.15, 0.2) is 6.17 Å². The van der Waals surface area contributed by atoms with Crippen molar-refractivity contribution in [2.75, 3.05) is 31.7 Å². The van der Waals surface area contributed by atoms with Crippen LogP contribution in [-0.2, 0) is 19.1 Å². The number of rotatable bonds is 12. The molecule has 13 nitrogen and oxygen atoms in total. The summed E-state index contributed by atoms with van der Waals surface area (Å²) in [5.41, 5.74) is 4.92. The maximum atomic E-state index is 13.5. The topological polar surface area (TPSA) is 155 Å². The first-order valence-corrected chi connectivity index (χ1v) is 15.8. The molecular formula is C30H40N7O6S+. The summed E-state index contributed by atoms with van der Waals surface area (Å²) in [5.74, 6) is -0.228. The summed E-state index contributed by atoms with van der Waals surface area (Å²) in [7, 11) is 0. The zero-order valence-corrected chi connectivity index (χ0v) is 25.7. The number of nitrogens with zero attached hydrogens (tertiary/aromatic N) is 4. The zero-order valence-electron chi connectivity index (χ0n) is 24.9. The van der Waals surface area contributed by atoms with E-state index in [0.29, 0.717) is 30.7 Å². The van der Waals surface area contributed by atoms with Crippen LogP contribution in [0.2, 0.25) is 0 Å². The molecule has 1 saturated heterocycles. The van der Waals surface area contributed by atoms with Gasteiger partial charge in [0, 0.05) is 37.5 Å². The molecule has 2 heterocycles. The molecule has 0 radical (unpaired) electrons. The number of amides is 3. The monoisotopic (exact) mass is 626 g/mol. The van der Waals surface area contributed by atoms with Gasteiger partial charge in [-0.15, -0.1) is 0 Å². The second kappa shape index (κ2) is 12.0. The number of nitrogens with one attached hydrogen (secondary N) is 3. The molecule has 4 bridgehead atoms. The van der Waals surface area contributed by atoms with E-state index < -0.39 is 41.1 Å². The number of carbonyl (C=O) groups is 4. The van der Waals surface area contributed by atoms with Gasteiger partial charge in [-0.1, -0.05) is 16.7 Å². The van der Waals surface area contributed by atoms with Crippen LogP contribution in [0.1, 0.15) is 58.3 Å². The van der Waals surface area contributed by atoms with Gasteiger partial charge in [-0.2, -0.15) is 5.01 Å². The number of para-hydroxylation sites is 2. The SMILES string of the molecule is CC(=O)N(C(CC(=O)O)NC(=O)OCC12CC3CC(CC(C3)C1)C2)[N+]1(CCCNn2cnc3ccccc32)C(=O)CNC1=S. The maximum Gasteiger partial charge on any atom is 0.408 e. The molecule has 7 rings (SSSR count). The van der Waals surface area contributed by atoms with Crippen molar-refractivity contribution in [1.82, 2.24) is 25.3 Å². The fourth-order valence-corrected chi connectivity index (χ4v) is 8.95. The van der Waals surface area contributed by atoms with Crippen LogP contribution < -0.4 is 16.1 Å².